The Kier molecular flexibility index (Phi) is 3.73. The first-order chi connectivity index (χ1) is 10.1. The summed E-state index contributed by atoms with van der Waals surface area (Å²) in [5.41, 5.74) is 6.37. The Labute approximate surface area is 122 Å². The number of hydrazine groups is 1. The lowest BCUT2D eigenvalue weighted by atomic mass is 9.93. The molecule has 1 aliphatic heterocycles. The lowest BCUT2D eigenvalue weighted by Gasteiger charge is -2.18. The van der Waals surface area contributed by atoms with Crippen LogP contribution in [0.25, 0.3) is 10.9 Å². The number of halogens is 1. The highest BCUT2D eigenvalue weighted by Crippen LogP contribution is 2.19. The van der Waals surface area contributed by atoms with Gasteiger partial charge in [-0.2, -0.15) is 0 Å². The number of aromatic nitrogens is 2. The van der Waals surface area contributed by atoms with Crippen LogP contribution in [0, 0.1) is 11.7 Å². The van der Waals surface area contributed by atoms with E-state index in [9.17, 15) is 9.18 Å². The van der Waals surface area contributed by atoms with E-state index in [4.69, 9.17) is 0 Å². The van der Waals surface area contributed by atoms with Crippen LogP contribution in [0.4, 0.5) is 4.39 Å². The van der Waals surface area contributed by atoms with Crippen LogP contribution in [0.3, 0.4) is 0 Å². The van der Waals surface area contributed by atoms with E-state index in [0.717, 1.165) is 6.42 Å². The van der Waals surface area contributed by atoms with Gasteiger partial charge in [-0.3, -0.25) is 20.2 Å². The Hall–Kier alpha value is -1.79. The van der Waals surface area contributed by atoms with Gasteiger partial charge in [-0.05, 0) is 38.3 Å². The molecule has 3 rings (SSSR count). The summed E-state index contributed by atoms with van der Waals surface area (Å²) in [5.74, 6) is -0.0108. The molecule has 112 valence electrons. The number of rotatable bonds is 3. The van der Waals surface area contributed by atoms with Crippen LogP contribution >= 0.6 is 0 Å². The molecule has 6 heteroatoms. The summed E-state index contributed by atoms with van der Waals surface area (Å²) in [6.07, 6.45) is 2.31. The smallest absolute Gasteiger partial charge is 0.261 e. The fourth-order valence-corrected chi connectivity index (χ4v) is 3.01. The molecule has 1 saturated heterocycles. The lowest BCUT2D eigenvalue weighted by Crippen LogP contribution is -2.30. The van der Waals surface area contributed by atoms with E-state index >= 15 is 0 Å². The number of para-hydroxylation sites is 1. The number of hydrogen-bond acceptors (Lipinski definition) is 4. The molecule has 2 aromatic rings. The van der Waals surface area contributed by atoms with Gasteiger partial charge < -0.3 is 0 Å². The second-order valence-electron chi connectivity index (χ2n) is 5.70. The minimum atomic E-state index is -0.455. The molecule has 2 atom stereocenters. The molecule has 1 fully saturated rings. The minimum Gasteiger partial charge on any atom is -0.299 e. The molecule has 0 bridgehead atoms. The molecule has 0 saturated carbocycles. The topological polar surface area (TPSA) is 58.9 Å². The van der Waals surface area contributed by atoms with Gasteiger partial charge in [0, 0.05) is 18.6 Å². The molecule has 2 heterocycles. The Morgan fingerprint density at radius 3 is 2.71 bits per heavy atom. The van der Waals surface area contributed by atoms with Gasteiger partial charge in [0.1, 0.15) is 11.3 Å². The Bertz CT molecular complexity index is 704. The predicted octanol–water partition coefficient (Wildman–Crippen LogP) is 1.43. The Morgan fingerprint density at radius 1 is 1.29 bits per heavy atom. The van der Waals surface area contributed by atoms with E-state index in [1.807, 2.05) is 0 Å². The van der Waals surface area contributed by atoms with Crippen molar-refractivity contribution < 1.29 is 4.39 Å². The van der Waals surface area contributed by atoms with Crippen molar-refractivity contribution in [3.8, 4) is 0 Å². The molecule has 21 heavy (non-hydrogen) atoms. The van der Waals surface area contributed by atoms with Gasteiger partial charge >= 0.3 is 0 Å². The average Bonchev–Trinajstić information content (AvgIpc) is 2.78. The van der Waals surface area contributed by atoms with Crippen molar-refractivity contribution in [1.82, 2.24) is 20.4 Å². The minimum absolute atomic E-state index is 0.143. The molecule has 1 aromatic carbocycles. The maximum atomic E-state index is 13.6. The summed E-state index contributed by atoms with van der Waals surface area (Å²) in [6, 6.07) is 5.20. The number of benzene rings is 1. The van der Waals surface area contributed by atoms with Crippen LogP contribution in [0.1, 0.15) is 20.3 Å². The molecule has 2 unspecified atom stereocenters. The van der Waals surface area contributed by atoms with Gasteiger partial charge in [0.25, 0.3) is 5.56 Å². The maximum Gasteiger partial charge on any atom is 0.261 e. The number of hydrogen-bond donors (Lipinski definition) is 2. The normalized spacial score (nSPS) is 25.6. The molecule has 2 N–H and O–H groups in total. The molecule has 1 aromatic heterocycles. The maximum absolute atomic E-state index is 13.6. The molecule has 0 spiro atoms. The first-order valence-electron chi connectivity index (χ1n) is 7.22. The van der Waals surface area contributed by atoms with Gasteiger partial charge in [0.15, 0.2) is 0 Å². The van der Waals surface area contributed by atoms with Gasteiger partial charge in [0.05, 0.1) is 11.7 Å². The van der Waals surface area contributed by atoms with Crippen molar-refractivity contribution in [1.29, 1.82) is 0 Å². The third-order valence-electron chi connectivity index (χ3n) is 4.33. The Balaban J connectivity index is 1.85. The number of nitrogens with zero attached hydrogens (tertiary/aromatic N) is 2. The van der Waals surface area contributed by atoms with E-state index in [2.05, 4.69) is 29.7 Å². The summed E-state index contributed by atoms with van der Waals surface area (Å²) in [6.45, 7) is 4.83. The van der Waals surface area contributed by atoms with Crippen molar-refractivity contribution in [2.45, 2.75) is 38.9 Å². The first kappa shape index (κ1) is 14.2. The van der Waals surface area contributed by atoms with Gasteiger partial charge in [-0.25, -0.2) is 9.37 Å². The van der Waals surface area contributed by atoms with Crippen molar-refractivity contribution >= 4 is 10.9 Å². The molecule has 1 aliphatic rings. The van der Waals surface area contributed by atoms with Crippen LogP contribution < -0.4 is 16.4 Å². The highest BCUT2D eigenvalue weighted by atomic mass is 19.1. The Morgan fingerprint density at radius 2 is 2.00 bits per heavy atom. The van der Waals surface area contributed by atoms with Gasteiger partial charge in [-0.1, -0.05) is 6.07 Å². The fraction of sp³-hybridized carbons (Fsp3) is 0.467. The largest absolute Gasteiger partial charge is 0.299 e. The summed E-state index contributed by atoms with van der Waals surface area (Å²) in [7, 11) is 0. The van der Waals surface area contributed by atoms with Crippen molar-refractivity contribution in [3.63, 3.8) is 0 Å². The first-order valence-corrected chi connectivity index (χ1v) is 7.22. The zero-order valence-electron chi connectivity index (χ0n) is 12.1. The average molecular weight is 290 g/mol. The van der Waals surface area contributed by atoms with Crippen LogP contribution in [0.5, 0.6) is 0 Å². The number of fused-ring (bicyclic) bond motifs is 1. The molecular weight excluding hydrogens is 271 g/mol. The summed E-state index contributed by atoms with van der Waals surface area (Å²) in [5, 5.41) is 0.335. The highest BCUT2D eigenvalue weighted by molar-refractivity contribution is 5.77. The summed E-state index contributed by atoms with van der Waals surface area (Å²) >= 11 is 0. The zero-order valence-corrected chi connectivity index (χ0v) is 12.1. The van der Waals surface area contributed by atoms with Gasteiger partial charge in [-0.15, -0.1) is 0 Å². The molecule has 5 nitrogen and oxygen atoms in total. The molecule has 0 amide bonds. The third-order valence-corrected chi connectivity index (χ3v) is 4.33. The molecule has 0 aliphatic carbocycles. The van der Waals surface area contributed by atoms with Crippen molar-refractivity contribution in [2.24, 2.45) is 5.92 Å². The monoisotopic (exact) mass is 290 g/mol. The SMILES string of the molecule is CC1NNC(C)C1CCn1cnc2c(F)cccc2c1=O. The van der Waals surface area contributed by atoms with Crippen LogP contribution in [-0.4, -0.2) is 21.6 Å². The van der Waals surface area contributed by atoms with E-state index in [0.29, 0.717) is 29.9 Å². The quantitative estimate of drug-likeness (QED) is 0.898. The van der Waals surface area contributed by atoms with E-state index in [-0.39, 0.29) is 11.1 Å². The van der Waals surface area contributed by atoms with E-state index in [1.165, 1.54) is 12.4 Å². The number of nitrogens with one attached hydrogen (secondary N) is 2. The molecular formula is C15H19FN4O. The fourth-order valence-electron chi connectivity index (χ4n) is 3.01. The highest BCUT2D eigenvalue weighted by Gasteiger charge is 2.29. The van der Waals surface area contributed by atoms with Crippen molar-refractivity contribution in [2.75, 3.05) is 0 Å². The van der Waals surface area contributed by atoms with Crippen LogP contribution in [0.2, 0.25) is 0 Å². The lowest BCUT2D eigenvalue weighted by molar-refractivity contribution is 0.384. The molecule has 0 radical (unpaired) electrons. The second-order valence-corrected chi connectivity index (χ2v) is 5.70. The van der Waals surface area contributed by atoms with E-state index < -0.39 is 5.82 Å². The van der Waals surface area contributed by atoms with Gasteiger partial charge in [0.2, 0.25) is 0 Å². The van der Waals surface area contributed by atoms with E-state index in [1.54, 1.807) is 16.7 Å². The van der Waals surface area contributed by atoms with Crippen LogP contribution in [-0.2, 0) is 6.54 Å². The number of aryl methyl sites for hydroxylation is 1. The summed E-state index contributed by atoms with van der Waals surface area (Å²) < 4.78 is 15.2. The zero-order chi connectivity index (χ0) is 15.0. The standard InChI is InChI=1S/C15H19FN4O/c1-9-11(10(2)19-18-9)6-7-20-8-17-14-12(15(20)21)4-3-5-13(14)16/h3-5,8-11,18-19H,6-7H2,1-2H3. The second kappa shape index (κ2) is 5.54. The predicted molar refractivity (Wildman–Crippen MR) is 79.3 cm³/mol. The van der Waals surface area contributed by atoms with Crippen LogP contribution in [0.15, 0.2) is 29.3 Å². The van der Waals surface area contributed by atoms with Crippen molar-refractivity contribution in [3.05, 3.63) is 40.7 Å². The summed E-state index contributed by atoms with van der Waals surface area (Å²) in [4.78, 5) is 16.5. The third kappa shape index (κ3) is 2.56.